The molecule has 1 saturated heterocycles. The van der Waals surface area contributed by atoms with Gasteiger partial charge in [0.25, 0.3) is 5.91 Å². The van der Waals surface area contributed by atoms with Gasteiger partial charge in [-0.3, -0.25) is 4.79 Å². The lowest BCUT2D eigenvalue weighted by Gasteiger charge is -2.32. The van der Waals surface area contributed by atoms with Gasteiger partial charge in [0.2, 0.25) is 0 Å². The first-order valence-electron chi connectivity index (χ1n) is 6.50. The Kier molecular flexibility index (Phi) is 5.08. The fourth-order valence-electron chi connectivity index (χ4n) is 2.44. The van der Waals surface area contributed by atoms with Crippen LogP contribution in [-0.2, 0) is 0 Å². The van der Waals surface area contributed by atoms with Gasteiger partial charge in [-0.05, 0) is 50.6 Å². The number of hydrogen-bond donors (Lipinski definition) is 1. The number of halogens is 2. The second-order valence-corrected chi connectivity index (χ2v) is 5.74. The van der Waals surface area contributed by atoms with Crippen molar-refractivity contribution in [3.63, 3.8) is 0 Å². The lowest BCUT2D eigenvalue weighted by Crippen LogP contribution is -2.40. The summed E-state index contributed by atoms with van der Waals surface area (Å²) in [6.07, 6.45) is 2.10. The molecule has 0 bridgehead atoms. The van der Waals surface area contributed by atoms with E-state index in [1.54, 1.807) is 18.2 Å². The molecule has 2 rings (SSSR count). The van der Waals surface area contributed by atoms with E-state index in [9.17, 15) is 4.79 Å². The van der Waals surface area contributed by atoms with Crippen LogP contribution in [0, 0.1) is 5.92 Å². The highest BCUT2D eigenvalue weighted by Gasteiger charge is 2.23. The molecule has 1 N–H and O–H groups in total. The number of likely N-dealkylation sites (tertiary alicyclic amines) is 1. The van der Waals surface area contributed by atoms with Gasteiger partial charge in [-0.2, -0.15) is 0 Å². The van der Waals surface area contributed by atoms with E-state index < -0.39 is 0 Å². The Morgan fingerprint density at radius 1 is 1.32 bits per heavy atom. The number of carbonyl (C=O) groups is 1. The van der Waals surface area contributed by atoms with Gasteiger partial charge < -0.3 is 10.2 Å². The minimum absolute atomic E-state index is 0.0430. The second-order valence-electron chi connectivity index (χ2n) is 4.92. The average Bonchev–Trinajstić information content (AvgIpc) is 2.42. The molecular formula is C14H18Cl2N2O. The SMILES string of the molecule is CNCC1CCN(C(=O)c2ccc(Cl)c(Cl)c2)CC1. The van der Waals surface area contributed by atoms with E-state index in [4.69, 9.17) is 23.2 Å². The van der Waals surface area contributed by atoms with Crippen molar-refractivity contribution in [3.05, 3.63) is 33.8 Å². The first-order valence-corrected chi connectivity index (χ1v) is 7.26. The van der Waals surface area contributed by atoms with Gasteiger partial charge in [-0.25, -0.2) is 0 Å². The van der Waals surface area contributed by atoms with Gasteiger partial charge in [-0.1, -0.05) is 23.2 Å². The first kappa shape index (κ1) is 14.6. The Labute approximate surface area is 123 Å². The topological polar surface area (TPSA) is 32.3 Å². The molecule has 0 unspecified atom stereocenters. The average molecular weight is 301 g/mol. The van der Waals surface area contributed by atoms with Crippen molar-refractivity contribution in [3.8, 4) is 0 Å². The fraction of sp³-hybridized carbons (Fsp3) is 0.500. The largest absolute Gasteiger partial charge is 0.339 e. The fourth-order valence-corrected chi connectivity index (χ4v) is 2.74. The number of piperidine rings is 1. The van der Waals surface area contributed by atoms with Crippen molar-refractivity contribution >= 4 is 29.1 Å². The van der Waals surface area contributed by atoms with Gasteiger partial charge in [0, 0.05) is 18.7 Å². The summed E-state index contributed by atoms with van der Waals surface area (Å²) in [5.74, 6) is 0.712. The monoisotopic (exact) mass is 300 g/mol. The van der Waals surface area contributed by atoms with E-state index in [-0.39, 0.29) is 5.91 Å². The smallest absolute Gasteiger partial charge is 0.253 e. The molecule has 1 amide bonds. The minimum atomic E-state index is 0.0430. The maximum Gasteiger partial charge on any atom is 0.253 e. The van der Waals surface area contributed by atoms with Crippen LogP contribution in [0.2, 0.25) is 10.0 Å². The predicted molar refractivity (Wildman–Crippen MR) is 79.0 cm³/mol. The number of nitrogens with zero attached hydrogens (tertiary/aromatic N) is 1. The highest BCUT2D eigenvalue weighted by atomic mass is 35.5. The molecule has 1 aromatic carbocycles. The summed E-state index contributed by atoms with van der Waals surface area (Å²) in [5.41, 5.74) is 0.612. The molecule has 104 valence electrons. The third-order valence-electron chi connectivity index (χ3n) is 3.56. The summed E-state index contributed by atoms with van der Waals surface area (Å²) >= 11 is 11.8. The van der Waals surface area contributed by atoms with E-state index in [1.165, 1.54) is 0 Å². The van der Waals surface area contributed by atoms with Crippen LogP contribution in [0.15, 0.2) is 18.2 Å². The Balaban J connectivity index is 1.99. The van der Waals surface area contributed by atoms with E-state index in [1.807, 2.05) is 11.9 Å². The van der Waals surface area contributed by atoms with Gasteiger partial charge in [0.05, 0.1) is 10.0 Å². The van der Waals surface area contributed by atoms with Crippen LogP contribution in [0.1, 0.15) is 23.2 Å². The molecule has 1 aliphatic rings. The lowest BCUT2D eigenvalue weighted by molar-refractivity contribution is 0.0691. The van der Waals surface area contributed by atoms with Gasteiger partial charge in [0.15, 0.2) is 0 Å². The van der Waals surface area contributed by atoms with Crippen LogP contribution < -0.4 is 5.32 Å². The Bertz CT molecular complexity index is 457. The standard InChI is InChI=1S/C14H18Cl2N2O/c1-17-9-10-4-6-18(7-5-10)14(19)11-2-3-12(15)13(16)8-11/h2-3,8,10,17H,4-7,9H2,1H3. The van der Waals surface area contributed by atoms with Crippen molar-refractivity contribution in [2.75, 3.05) is 26.7 Å². The molecule has 0 radical (unpaired) electrons. The zero-order chi connectivity index (χ0) is 13.8. The number of carbonyl (C=O) groups excluding carboxylic acids is 1. The third kappa shape index (κ3) is 3.62. The highest BCUT2D eigenvalue weighted by molar-refractivity contribution is 6.42. The van der Waals surface area contributed by atoms with Gasteiger partial charge in [0.1, 0.15) is 0 Å². The van der Waals surface area contributed by atoms with E-state index in [0.29, 0.717) is 21.5 Å². The number of benzene rings is 1. The van der Waals surface area contributed by atoms with E-state index in [0.717, 1.165) is 32.5 Å². The highest BCUT2D eigenvalue weighted by Crippen LogP contribution is 2.24. The molecule has 0 spiro atoms. The molecule has 0 atom stereocenters. The molecule has 1 heterocycles. The van der Waals surface area contributed by atoms with Crippen LogP contribution in [0.4, 0.5) is 0 Å². The van der Waals surface area contributed by atoms with Crippen molar-refractivity contribution in [2.24, 2.45) is 5.92 Å². The lowest BCUT2D eigenvalue weighted by atomic mass is 9.96. The number of nitrogens with one attached hydrogen (secondary N) is 1. The molecule has 19 heavy (non-hydrogen) atoms. The summed E-state index contributed by atoms with van der Waals surface area (Å²) in [4.78, 5) is 14.2. The Morgan fingerprint density at radius 3 is 2.58 bits per heavy atom. The zero-order valence-electron chi connectivity index (χ0n) is 11.0. The van der Waals surface area contributed by atoms with Crippen LogP contribution in [0.25, 0.3) is 0 Å². The Morgan fingerprint density at radius 2 is 2.00 bits per heavy atom. The zero-order valence-corrected chi connectivity index (χ0v) is 12.5. The second kappa shape index (κ2) is 6.60. The molecule has 0 aromatic heterocycles. The number of hydrogen-bond acceptors (Lipinski definition) is 2. The molecule has 1 aliphatic heterocycles. The van der Waals surface area contributed by atoms with Crippen molar-refractivity contribution in [1.82, 2.24) is 10.2 Å². The summed E-state index contributed by atoms with van der Waals surface area (Å²) in [7, 11) is 1.97. The molecule has 1 aromatic rings. The molecule has 5 heteroatoms. The van der Waals surface area contributed by atoms with Crippen molar-refractivity contribution in [2.45, 2.75) is 12.8 Å². The Hall–Kier alpha value is -0.770. The summed E-state index contributed by atoms with van der Waals surface area (Å²) in [6.45, 7) is 2.64. The molecule has 3 nitrogen and oxygen atoms in total. The van der Waals surface area contributed by atoms with Crippen LogP contribution in [0.5, 0.6) is 0 Å². The van der Waals surface area contributed by atoms with Crippen LogP contribution in [-0.4, -0.2) is 37.5 Å². The predicted octanol–water partition coefficient (Wildman–Crippen LogP) is 3.07. The first-order chi connectivity index (χ1) is 9.11. The van der Waals surface area contributed by atoms with Crippen LogP contribution in [0.3, 0.4) is 0 Å². The maximum atomic E-state index is 12.3. The molecule has 0 aliphatic carbocycles. The third-order valence-corrected chi connectivity index (χ3v) is 4.30. The van der Waals surface area contributed by atoms with E-state index >= 15 is 0 Å². The molecular weight excluding hydrogens is 283 g/mol. The number of rotatable bonds is 3. The quantitative estimate of drug-likeness (QED) is 0.930. The summed E-state index contributed by atoms with van der Waals surface area (Å²) in [6, 6.07) is 5.05. The van der Waals surface area contributed by atoms with Gasteiger partial charge in [-0.15, -0.1) is 0 Å². The molecule has 1 fully saturated rings. The number of amides is 1. The van der Waals surface area contributed by atoms with Gasteiger partial charge >= 0.3 is 0 Å². The van der Waals surface area contributed by atoms with E-state index in [2.05, 4.69) is 5.32 Å². The normalized spacial score (nSPS) is 16.7. The van der Waals surface area contributed by atoms with Crippen molar-refractivity contribution < 1.29 is 4.79 Å². The summed E-state index contributed by atoms with van der Waals surface area (Å²) in [5, 5.41) is 4.10. The summed E-state index contributed by atoms with van der Waals surface area (Å²) < 4.78 is 0. The van der Waals surface area contributed by atoms with Crippen LogP contribution >= 0.6 is 23.2 Å². The molecule has 0 saturated carbocycles. The van der Waals surface area contributed by atoms with Crippen molar-refractivity contribution in [1.29, 1.82) is 0 Å². The maximum absolute atomic E-state index is 12.3. The minimum Gasteiger partial charge on any atom is -0.339 e.